The summed E-state index contributed by atoms with van der Waals surface area (Å²) in [6.07, 6.45) is 2.41. The highest BCUT2D eigenvalue weighted by Crippen LogP contribution is 2.48. The van der Waals surface area contributed by atoms with Crippen LogP contribution < -0.4 is 4.90 Å². The maximum Gasteiger partial charge on any atom is 0.241 e. The van der Waals surface area contributed by atoms with Crippen molar-refractivity contribution in [2.45, 2.75) is 18.6 Å². The molecule has 1 aliphatic carbocycles. The molecule has 2 aliphatic heterocycles. The molecule has 26 heavy (non-hydrogen) atoms. The van der Waals surface area contributed by atoms with Crippen molar-refractivity contribution >= 4 is 23.2 Å². The first-order chi connectivity index (χ1) is 12.7. The van der Waals surface area contributed by atoms with E-state index in [1.165, 1.54) is 12.8 Å². The number of anilines is 1. The number of amides is 1. The SMILES string of the molecule is O=C1CN2CCOC2(c2ccccc2)c2cc(Cl)ccc2N1CC1CC1. The van der Waals surface area contributed by atoms with Gasteiger partial charge in [0.2, 0.25) is 5.91 Å². The summed E-state index contributed by atoms with van der Waals surface area (Å²) in [5, 5.41) is 0.662. The summed E-state index contributed by atoms with van der Waals surface area (Å²) in [7, 11) is 0. The number of carbonyl (C=O) groups excluding carboxylic acids is 1. The maximum absolute atomic E-state index is 13.1. The van der Waals surface area contributed by atoms with Crippen LogP contribution in [0.15, 0.2) is 48.5 Å². The van der Waals surface area contributed by atoms with Gasteiger partial charge in [-0.15, -0.1) is 0 Å². The quantitative estimate of drug-likeness (QED) is 0.829. The van der Waals surface area contributed by atoms with Gasteiger partial charge in [-0.3, -0.25) is 9.69 Å². The zero-order chi connectivity index (χ0) is 17.7. The molecule has 1 atom stereocenters. The Morgan fingerprint density at radius 2 is 1.96 bits per heavy atom. The number of hydrogen-bond acceptors (Lipinski definition) is 3. The van der Waals surface area contributed by atoms with Gasteiger partial charge in [0.25, 0.3) is 0 Å². The number of fused-ring (bicyclic) bond motifs is 3. The van der Waals surface area contributed by atoms with Gasteiger partial charge in [-0.2, -0.15) is 0 Å². The molecule has 3 aliphatic rings. The largest absolute Gasteiger partial charge is 0.350 e. The van der Waals surface area contributed by atoms with Gasteiger partial charge in [0, 0.05) is 29.2 Å². The fourth-order valence-corrected chi connectivity index (χ4v) is 4.41. The van der Waals surface area contributed by atoms with E-state index in [9.17, 15) is 4.79 Å². The highest BCUT2D eigenvalue weighted by atomic mass is 35.5. The van der Waals surface area contributed by atoms with Gasteiger partial charge in [-0.25, -0.2) is 0 Å². The average molecular weight is 369 g/mol. The van der Waals surface area contributed by atoms with E-state index < -0.39 is 5.72 Å². The fraction of sp³-hybridized carbons (Fsp3) is 0.381. The van der Waals surface area contributed by atoms with E-state index in [-0.39, 0.29) is 5.91 Å². The normalized spacial score (nSPS) is 25.7. The summed E-state index contributed by atoms with van der Waals surface area (Å²) < 4.78 is 6.40. The molecule has 0 bridgehead atoms. The highest BCUT2D eigenvalue weighted by Gasteiger charge is 2.51. The van der Waals surface area contributed by atoms with Crippen molar-refractivity contribution in [1.82, 2.24) is 4.90 Å². The lowest BCUT2D eigenvalue weighted by Crippen LogP contribution is -2.45. The van der Waals surface area contributed by atoms with Crippen molar-refractivity contribution in [1.29, 1.82) is 0 Å². The van der Waals surface area contributed by atoms with Crippen LogP contribution in [0, 0.1) is 5.92 Å². The highest BCUT2D eigenvalue weighted by molar-refractivity contribution is 6.30. The van der Waals surface area contributed by atoms with Crippen LogP contribution in [-0.4, -0.2) is 37.0 Å². The van der Waals surface area contributed by atoms with Crippen molar-refractivity contribution < 1.29 is 9.53 Å². The third-order valence-corrected chi connectivity index (χ3v) is 5.90. The Labute approximate surface area is 158 Å². The Balaban J connectivity index is 1.74. The molecule has 2 aromatic rings. The van der Waals surface area contributed by atoms with E-state index in [1.54, 1.807) is 0 Å². The molecule has 4 nitrogen and oxygen atoms in total. The Kier molecular flexibility index (Phi) is 3.82. The lowest BCUT2D eigenvalue weighted by Gasteiger charge is -2.36. The monoisotopic (exact) mass is 368 g/mol. The van der Waals surface area contributed by atoms with Crippen LogP contribution in [0.4, 0.5) is 5.69 Å². The summed E-state index contributed by atoms with van der Waals surface area (Å²) in [6.45, 7) is 2.46. The molecular formula is C21H21ClN2O2. The van der Waals surface area contributed by atoms with Crippen molar-refractivity contribution in [2.24, 2.45) is 5.92 Å². The molecule has 0 N–H and O–H groups in total. The zero-order valence-corrected chi connectivity index (χ0v) is 15.3. The smallest absolute Gasteiger partial charge is 0.241 e. The van der Waals surface area contributed by atoms with Gasteiger partial charge in [0.05, 0.1) is 18.8 Å². The van der Waals surface area contributed by atoms with E-state index in [2.05, 4.69) is 17.0 Å². The molecule has 2 heterocycles. The molecule has 1 saturated heterocycles. The third kappa shape index (κ3) is 2.48. The second kappa shape index (κ2) is 6.08. The maximum atomic E-state index is 13.1. The van der Waals surface area contributed by atoms with E-state index >= 15 is 0 Å². The van der Waals surface area contributed by atoms with Gasteiger partial charge in [0.1, 0.15) is 0 Å². The van der Waals surface area contributed by atoms with Crippen LogP contribution in [-0.2, 0) is 15.3 Å². The zero-order valence-electron chi connectivity index (χ0n) is 14.5. The molecule has 0 spiro atoms. The molecule has 2 aromatic carbocycles. The molecular weight excluding hydrogens is 348 g/mol. The van der Waals surface area contributed by atoms with Crippen molar-refractivity contribution in [3.63, 3.8) is 0 Å². The number of nitrogens with zero attached hydrogens (tertiary/aromatic N) is 2. The Morgan fingerprint density at radius 3 is 2.73 bits per heavy atom. The van der Waals surface area contributed by atoms with Crippen molar-refractivity contribution in [3.05, 3.63) is 64.7 Å². The lowest BCUT2D eigenvalue weighted by atomic mass is 9.91. The average Bonchev–Trinajstić information content (AvgIpc) is 3.40. The van der Waals surface area contributed by atoms with E-state index in [1.807, 2.05) is 41.3 Å². The molecule has 2 fully saturated rings. The minimum atomic E-state index is -0.755. The second-order valence-electron chi connectivity index (χ2n) is 7.39. The number of ether oxygens (including phenoxy) is 1. The number of hydrogen-bond donors (Lipinski definition) is 0. The first-order valence-electron chi connectivity index (χ1n) is 9.23. The number of halogens is 1. The van der Waals surface area contributed by atoms with E-state index in [0.717, 1.165) is 29.9 Å². The summed E-state index contributed by atoms with van der Waals surface area (Å²) in [5.74, 6) is 0.757. The first kappa shape index (κ1) is 16.3. The Morgan fingerprint density at radius 1 is 1.15 bits per heavy atom. The molecule has 1 unspecified atom stereocenters. The fourth-order valence-electron chi connectivity index (χ4n) is 4.23. The summed E-state index contributed by atoms with van der Waals surface area (Å²) in [4.78, 5) is 17.3. The minimum Gasteiger partial charge on any atom is -0.350 e. The summed E-state index contributed by atoms with van der Waals surface area (Å²) in [6, 6.07) is 16.0. The van der Waals surface area contributed by atoms with Gasteiger partial charge < -0.3 is 9.64 Å². The molecule has 0 aromatic heterocycles. The summed E-state index contributed by atoms with van der Waals surface area (Å²) >= 11 is 6.39. The van der Waals surface area contributed by atoms with Crippen LogP contribution in [0.5, 0.6) is 0 Å². The van der Waals surface area contributed by atoms with Gasteiger partial charge in [-0.05, 0) is 37.0 Å². The number of benzene rings is 2. The van der Waals surface area contributed by atoms with E-state index in [4.69, 9.17) is 16.3 Å². The molecule has 5 heteroatoms. The topological polar surface area (TPSA) is 32.8 Å². The standard InChI is InChI=1S/C21H21ClN2O2/c22-17-8-9-19-18(12-17)21(16-4-2-1-3-5-16)23(10-11-26-21)14-20(25)24(19)13-15-6-7-15/h1-5,8-9,12,15H,6-7,10-11,13-14H2. The van der Waals surface area contributed by atoms with E-state index in [0.29, 0.717) is 24.1 Å². The second-order valence-corrected chi connectivity index (χ2v) is 7.83. The number of carbonyl (C=O) groups is 1. The van der Waals surface area contributed by atoms with Crippen molar-refractivity contribution in [2.75, 3.05) is 31.1 Å². The first-order valence-corrected chi connectivity index (χ1v) is 9.61. The Bertz CT molecular complexity index is 852. The lowest BCUT2D eigenvalue weighted by molar-refractivity contribution is -0.123. The summed E-state index contributed by atoms with van der Waals surface area (Å²) in [5.41, 5.74) is 2.19. The minimum absolute atomic E-state index is 0.142. The predicted molar refractivity (Wildman–Crippen MR) is 101 cm³/mol. The van der Waals surface area contributed by atoms with Gasteiger partial charge in [0.15, 0.2) is 5.72 Å². The predicted octanol–water partition coefficient (Wildman–Crippen LogP) is 3.63. The van der Waals surface area contributed by atoms with Crippen LogP contribution >= 0.6 is 11.6 Å². The van der Waals surface area contributed by atoms with Gasteiger partial charge in [-0.1, -0.05) is 41.9 Å². The number of rotatable bonds is 3. The van der Waals surface area contributed by atoms with Gasteiger partial charge >= 0.3 is 0 Å². The van der Waals surface area contributed by atoms with Crippen LogP contribution in [0.3, 0.4) is 0 Å². The van der Waals surface area contributed by atoms with Crippen LogP contribution in [0.1, 0.15) is 24.0 Å². The third-order valence-electron chi connectivity index (χ3n) is 5.66. The molecule has 0 radical (unpaired) electrons. The molecule has 1 amide bonds. The van der Waals surface area contributed by atoms with Crippen molar-refractivity contribution in [3.8, 4) is 0 Å². The molecule has 5 rings (SSSR count). The van der Waals surface area contributed by atoms with Crippen LogP contribution in [0.25, 0.3) is 0 Å². The molecule has 1 saturated carbocycles. The Hall–Kier alpha value is -1.88. The van der Waals surface area contributed by atoms with Crippen LogP contribution in [0.2, 0.25) is 5.02 Å². The molecule has 134 valence electrons.